The average molecular weight is 347 g/mol. The van der Waals surface area contributed by atoms with Gasteiger partial charge in [0.1, 0.15) is 5.82 Å². The molecular weight excluding hydrogens is 324 g/mol. The Labute approximate surface area is 147 Å². The molecule has 2 heterocycles. The highest BCUT2D eigenvalue weighted by Gasteiger charge is 2.21. The number of aryl methyl sites for hydroxylation is 1. The molecule has 0 spiro atoms. The van der Waals surface area contributed by atoms with Gasteiger partial charge < -0.3 is 9.88 Å². The van der Waals surface area contributed by atoms with E-state index in [4.69, 9.17) is 11.6 Å². The van der Waals surface area contributed by atoms with Gasteiger partial charge >= 0.3 is 0 Å². The van der Waals surface area contributed by atoms with Crippen LogP contribution in [-0.2, 0) is 11.3 Å². The van der Waals surface area contributed by atoms with Crippen molar-refractivity contribution in [2.75, 3.05) is 25.0 Å². The van der Waals surface area contributed by atoms with E-state index >= 15 is 0 Å². The van der Waals surface area contributed by atoms with Crippen molar-refractivity contribution in [1.29, 1.82) is 0 Å². The first-order valence-electron chi connectivity index (χ1n) is 8.35. The number of benzene rings is 1. The van der Waals surface area contributed by atoms with Crippen LogP contribution in [0.15, 0.2) is 36.7 Å². The number of carbonyl (C=O) groups excluding carboxylic acids is 1. The number of likely N-dealkylation sites (tertiary alicyclic amines) is 1. The number of imidazole rings is 1. The van der Waals surface area contributed by atoms with Crippen LogP contribution in [0.3, 0.4) is 0 Å². The van der Waals surface area contributed by atoms with Crippen LogP contribution in [-0.4, -0.2) is 40.0 Å². The van der Waals surface area contributed by atoms with Crippen molar-refractivity contribution >= 4 is 23.2 Å². The maximum Gasteiger partial charge on any atom is 0.238 e. The summed E-state index contributed by atoms with van der Waals surface area (Å²) >= 11 is 5.85. The Kier molecular flexibility index (Phi) is 5.53. The van der Waals surface area contributed by atoms with Crippen molar-refractivity contribution in [1.82, 2.24) is 14.5 Å². The molecule has 1 saturated heterocycles. The van der Waals surface area contributed by atoms with Crippen molar-refractivity contribution in [2.45, 2.75) is 26.3 Å². The molecule has 2 aromatic rings. The number of halogens is 1. The van der Waals surface area contributed by atoms with Crippen molar-refractivity contribution < 1.29 is 4.79 Å². The highest BCUT2D eigenvalue weighted by Crippen LogP contribution is 2.20. The van der Waals surface area contributed by atoms with Crippen molar-refractivity contribution in [3.8, 4) is 0 Å². The van der Waals surface area contributed by atoms with Crippen LogP contribution in [0, 0.1) is 12.8 Å². The first kappa shape index (κ1) is 17.0. The number of piperidine rings is 1. The summed E-state index contributed by atoms with van der Waals surface area (Å²) in [6, 6.07) is 7.20. The van der Waals surface area contributed by atoms with Gasteiger partial charge in [0.25, 0.3) is 0 Å². The summed E-state index contributed by atoms with van der Waals surface area (Å²) in [4.78, 5) is 18.6. The Morgan fingerprint density at radius 3 is 2.62 bits per heavy atom. The Balaban J connectivity index is 1.42. The second-order valence-electron chi connectivity index (χ2n) is 6.40. The molecule has 128 valence electrons. The third kappa shape index (κ3) is 4.58. The first-order valence-corrected chi connectivity index (χ1v) is 8.73. The molecule has 1 N–H and O–H groups in total. The Hall–Kier alpha value is -1.85. The summed E-state index contributed by atoms with van der Waals surface area (Å²) < 4.78 is 2.22. The molecule has 0 bridgehead atoms. The molecule has 1 aliphatic rings. The molecule has 0 atom stereocenters. The number of anilines is 1. The van der Waals surface area contributed by atoms with Crippen LogP contribution >= 0.6 is 11.6 Å². The number of nitrogens with zero attached hydrogens (tertiary/aromatic N) is 3. The summed E-state index contributed by atoms with van der Waals surface area (Å²) in [6.07, 6.45) is 6.13. The predicted octanol–water partition coefficient (Wildman–Crippen LogP) is 3.20. The van der Waals surface area contributed by atoms with E-state index in [0.29, 0.717) is 17.5 Å². The predicted molar refractivity (Wildman–Crippen MR) is 96.2 cm³/mol. The van der Waals surface area contributed by atoms with E-state index in [2.05, 4.69) is 19.8 Å². The number of hydrogen-bond acceptors (Lipinski definition) is 3. The largest absolute Gasteiger partial charge is 0.335 e. The third-order valence-electron chi connectivity index (χ3n) is 4.58. The average Bonchev–Trinajstić information content (AvgIpc) is 2.96. The van der Waals surface area contributed by atoms with Gasteiger partial charge in [-0.15, -0.1) is 0 Å². The third-order valence-corrected chi connectivity index (χ3v) is 4.83. The highest BCUT2D eigenvalue weighted by atomic mass is 35.5. The van der Waals surface area contributed by atoms with E-state index in [1.165, 1.54) is 0 Å². The molecule has 1 fully saturated rings. The van der Waals surface area contributed by atoms with Crippen molar-refractivity contribution in [3.63, 3.8) is 0 Å². The number of nitrogens with one attached hydrogen (secondary N) is 1. The van der Waals surface area contributed by atoms with Gasteiger partial charge in [0.2, 0.25) is 5.91 Å². The lowest BCUT2D eigenvalue weighted by Crippen LogP contribution is -2.40. The molecule has 24 heavy (non-hydrogen) atoms. The first-order chi connectivity index (χ1) is 11.6. The maximum atomic E-state index is 12.1. The Morgan fingerprint density at radius 1 is 1.29 bits per heavy atom. The molecule has 0 aliphatic carbocycles. The zero-order valence-electron chi connectivity index (χ0n) is 13.9. The van der Waals surface area contributed by atoms with E-state index in [9.17, 15) is 4.79 Å². The lowest BCUT2D eigenvalue weighted by Gasteiger charge is -2.31. The number of rotatable bonds is 5. The fourth-order valence-electron chi connectivity index (χ4n) is 3.14. The van der Waals surface area contributed by atoms with Crippen molar-refractivity contribution in [2.24, 2.45) is 5.92 Å². The van der Waals surface area contributed by atoms with Gasteiger partial charge in [0.05, 0.1) is 6.54 Å². The van der Waals surface area contributed by atoms with Gasteiger partial charge in [-0.2, -0.15) is 0 Å². The van der Waals surface area contributed by atoms with Crippen LogP contribution in [0.4, 0.5) is 5.69 Å². The van der Waals surface area contributed by atoms with Crippen LogP contribution in [0.5, 0.6) is 0 Å². The van der Waals surface area contributed by atoms with Gasteiger partial charge in [0, 0.05) is 29.6 Å². The minimum Gasteiger partial charge on any atom is -0.335 e. The Bertz CT molecular complexity index is 675. The lowest BCUT2D eigenvalue weighted by atomic mass is 9.96. The van der Waals surface area contributed by atoms with Crippen LogP contribution < -0.4 is 5.32 Å². The molecular formula is C18H23ClN4O. The summed E-state index contributed by atoms with van der Waals surface area (Å²) in [5.74, 6) is 1.76. The summed E-state index contributed by atoms with van der Waals surface area (Å²) in [5.41, 5.74) is 0.787. The lowest BCUT2D eigenvalue weighted by molar-refractivity contribution is -0.117. The summed E-state index contributed by atoms with van der Waals surface area (Å²) in [6.45, 7) is 5.44. The SMILES string of the molecule is Cc1nccn1CC1CCN(CC(=O)Nc2ccc(Cl)cc2)CC1. The van der Waals surface area contributed by atoms with Crippen LogP contribution in [0.2, 0.25) is 5.02 Å². The van der Waals surface area contributed by atoms with E-state index in [1.54, 1.807) is 12.1 Å². The molecule has 1 aromatic carbocycles. The smallest absolute Gasteiger partial charge is 0.238 e. The molecule has 0 saturated carbocycles. The molecule has 0 radical (unpaired) electrons. The van der Waals surface area contributed by atoms with Gasteiger partial charge in [-0.3, -0.25) is 9.69 Å². The molecule has 6 heteroatoms. The van der Waals surface area contributed by atoms with Crippen LogP contribution in [0.25, 0.3) is 0 Å². The zero-order chi connectivity index (χ0) is 16.9. The van der Waals surface area contributed by atoms with Gasteiger partial charge in [-0.1, -0.05) is 11.6 Å². The summed E-state index contributed by atoms with van der Waals surface area (Å²) in [5, 5.41) is 3.59. The van der Waals surface area contributed by atoms with E-state index in [1.807, 2.05) is 31.5 Å². The second kappa shape index (κ2) is 7.81. The van der Waals surface area contributed by atoms with E-state index in [-0.39, 0.29) is 5.91 Å². The van der Waals surface area contributed by atoms with Gasteiger partial charge in [-0.25, -0.2) is 4.98 Å². The molecule has 5 nitrogen and oxygen atoms in total. The van der Waals surface area contributed by atoms with Gasteiger partial charge in [-0.05, 0) is 63.0 Å². The topological polar surface area (TPSA) is 50.2 Å². The number of carbonyl (C=O) groups is 1. The van der Waals surface area contributed by atoms with Crippen LogP contribution in [0.1, 0.15) is 18.7 Å². The molecule has 1 aliphatic heterocycles. The van der Waals surface area contributed by atoms with Gasteiger partial charge in [0.15, 0.2) is 0 Å². The normalized spacial score (nSPS) is 16.2. The number of amides is 1. The molecule has 0 unspecified atom stereocenters. The van der Waals surface area contributed by atoms with E-state index < -0.39 is 0 Å². The molecule has 1 amide bonds. The number of aromatic nitrogens is 2. The maximum absolute atomic E-state index is 12.1. The summed E-state index contributed by atoms with van der Waals surface area (Å²) in [7, 11) is 0. The minimum absolute atomic E-state index is 0.0289. The quantitative estimate of drug-likeness (QED) is 0.904. The second-order valence-corrected chi connectivity index (χ2v) is 6.84. The molecule has 1 aromatic heterocycles. The number of hydrogen-bond donors (Lipinski definition) is 1. The fourth-order valence-corrected chi connectivity index (χ4v) is 3.26. The highest BCUT2D eigenvalue weighted by molar-refractivity contribution is 6.30. The van der Waals surface area contributed by atoms with E-state index in [0.717, 1.165) is 44.0 Å². The Morgan fingerprint density at radius 2 is 2.00 bits per heavy atom. The zero-order valence-corrected chi connectivity index (χ0v) is 14.7. The minimum atomic E-state index is 0.0289. The molecule has 3 rings (SSSR count). The standard InChI is InChI=1S/C18H23ClN4O/c1-14-20-8-11-23(14)12-15-6-9-22(10-7-15)13-18(24)21-17-4-2-16(19)3-5-17/h2-5,8,11,15H,6-7,9-10,12-13H2,1H3,(H,21,24). The monoisotopic (exact) mass is 346 g/mol. The fraction of sp³-hybridized carbons (Fsp3) is 0.444. The van der Waals surface area contributed by atoms with Crippen molar-refractivity contribution in [3.05, 3.63) is 47.5 Å².